The van der Waals surface area contributed by atoms with E-state index in [-0.39, 0.29) is 5.97 Å². The highest BCUT2D eigenvalue weighted by Gasteiger charge is 2.28. The Kier molecular flexibility index (Phi) is 3.38. The van der Waals surface area contributed by atoms with Crippen molar-refractivity contribution >= 4 is 17.3 Å². The van der Waals surface area contributed by atoms with Gasteiger partial charge in [0.25, 0.3) is 0 Å². The minimum atomic E-state index is -0.140. The van der Waals surface area contributed by atoms with E-state index in [1.54, 1.807) is 11.3 Å². The fourth-order valence-corrected chi connectivity index (χ4v) is 2.94. The van der Waals surface area contributed by atoms with Crippen molar-refractivity contribution in [2.75, 3.05) is 20.2 Å². The summed E-state index contributed by atoms with van der Waals surface area (Å²) in [5, 5.41) is 2.09. The van der Waals surface area contributed by atoms with Crippen molar-refractivity contribution in [2.45, 2.75) is 18.9 Å². The fraction of sp³-hybridized carbons (Fsp3) is 0.545. The molecule has 0 bridgehead atoms. The summed E-state index contributed by atoms with van der Waals surface area (Å²) in [5.41, 5.74) is 0. The van der Waals surface area contributed by atoms with E-state index >= 15 is 0 Å². The number of esters is 1. The number of likely N-dealkylation sites (tertiary alicyclic amines) is 1. The van der Waals surface area contributed by atoms with Crippen LogP contribution in [-0.4, -0.2) is 31.1 Å². The molecule has 0 radical (unpaired) electrons. The van der Waals surface area contributed by atoms with Gasteiger partial charge in [0.2, 0.25) is 0 Å². The van der Waals surface area contributed by atoms with Crippen molar-refractivity contribution in [3.63, 3.8) is 0 Å². The van der Waals surface area contributed by atoms with Crippen molar-refractivity contribution < 1.29 is 9.53 Å². The summed E-state index contributed by atoms with van der Waals surface area (Å²) >= 11 is 1.76. The quantitative estimate of drug-likeness (QED) is 0.737. The topological polar surface area (TPSA) is 29.5 Å². The molecule has 82 valence electrons. The van der Waals surface area contributed by atoms with Crippen molar-refractivity contribution in [2.24, 2.45) is 0 Å². The first kappa shape index (κ1) is 10.6. The third-order valence-corrected chi connectivity index (χ3v) is 3.77. The Bertz CT molecular complexity index is 323. The van der Waals surface area contributed by atoms with Gasteiger partial charge in [-0.2, -0.15) is 0 Å². The first-order chi connectivity index (χ1) is 7.31. The molecule has 1 fully saturated rings. The lowest BCUT2D eigenvalue weighted by Gasteiger charge is -2.21. The van der Waals surface area contributed by atoms with Crippen molar-refractivity contribution in [3.05, 3.63) is 22.4 Å². The van der Waals surface area contributed by atoms with Crippen LogP contribution in [0.5, 0.6) is 0 Å². The summed E-state index contributed by atoms with van der Waals surface area (Å²) in [6.07, 6.45) is 2.32. The molecule has 0 aliphatic carbocycles. The lowest BCUT2D eigenvalue weighted by molar-refractivity contribution is -0.142. The summed E-state index contributed by atoms with van der Waals surface area (Å²) in [7, 11) is 1.44. The zero-order valence-electron chi connectivity index (χ0n) is 8.81. The summed E-state index contributed by atoms with van der Waals surface area (Å²) in [6.45, 7) is 1.41. The van der Waals surface area contributed by atoms with Gasteiger partial charge in [0.15, 0.2) is 0 Å². The molecule has 3 nitrogen and oxygen atoms in total. The zero-order chi connectivity index (χ0) is 10.7. The Morgan fingerprint density at radius 2 is 2.60 bits per heavy atom. The van der Waals surface area contributed by atoms with E-state index in [0.717, 1.165) is 13.0 Å². The summed E-state index contributed by atoms with van der Waals surface area (Å²) < 4.78 is 4.70. The molecule has 0 saturated carbocycles. The number of rotatable bonds is 3. The van der Waals surface area contributed by atoms with E-state index in [9.17, 15) is 4.79 Å². The van der Waals surface area contributed by atoms with Gasteiger partial charge in [-0.15, -0.1) is 11.3 Å². The first-order valence-corrected chi connectivity index (χ1v) is 6.03. The number of ether oxygens (including phenoxy) is 1. The van der Waals surface area contributed by atoms with E-state index < -0.39 is 0 Å². The molecule has 0 aromatic carbocycles. The van der Waals surface area contributed by atoms with E-state index in [2.05, 4.69) is 22.4 Å². The second-order valence-electron chi connectivity index (χ2n) is 3.72. The normalized spacial score (nSPS) is 21.8. The second kappa shape index (κ2) is 4.77. The van der Waals surface area contributed by atoms with Crippen molar-refractivity contribution in [1.29, 1.82) is 0 Å². The number of carbonyl (C=O) groups is 1. The number of nitrogens with zero attached hydrogens (tertiary/aromatic N) is 1. The van der Waals surface area contributed by atoms with Crippen LogP contribution in [0.15, 0.2) is 17.5 Å². The van der Waals surface area contributed by atoms with Crippen molar-refractivity contribution in [3.8, 4) is 0 Å². The second-order valence-corrected chi connectivity index (χ2v) is 4.70. The highest BCUT2D eigenvalue weighted by molar-refractivity contribution is 7.10. The van der Waals surface area contributed by atoms with E-state index in [1.165, 1.54) is 18.4 Å². The highest BCUT2D eigenvalue weighted by atomic mass is 32.1. The van der Waals surface area contributed by atoms with Gasteiger partial charge in [-0.05, 0) is 30.8 Å². The summed E-state index contributed by atoms with van der Waals surface area (Å²) in [4.78, 5) is 14.8. The Labute approximate surface area is 93.7 Å². The monoisotopic (exact) mass is 225 g/mol. The molecule has 0 unspecified atom stereocenters. The van der Waals surface area contributed by atoms with E-state index in [1.807, 2.05) is 0 Å². The third kappa shape index (κ3) is 2.38. The largest absolute Gasteiger partial charge is 0.468 e. The number of hydrogen-bond donors (Lipinski definition) is 0. The van der Waals surface area contributed by atoms with Gasteiger partial charge in [-0.3, -0.25) is 9.69 Å². The van der Waals surface area contributed by atoms with Crippen LogP contribution in [0.4, 0.5) is 0 Å². The number of hydrogen-bond acceptors (Lipinski definition) is 4. The van der Waals surface area contributed by atoms with Gasteiger partial charge < -0.3 is 4.74 Å². The lowest BCUT2D eigenvalue weighted by atomic mass is 10.2. The molecular weight excluding hydrogens is 210 g/mol. The predicted octanol–water partition coefficient (Wildman–Crippen LogP) is 2.06. The summed E-state index contributed by atoms with van der Waals surface area (Å²) in [5.74, 6) is -0.140. The van der Waals surface area contributed by atoms with Crippen LogP contribution < -0.4 is 0 Å². The molecule has 1 aliphatic heterocycles. The van der Waals surface area contributed by atoms with Crippen LogP contribution in [0.3, 0.4) is 0 Å². The Morgan fingerprint density at radius 1 is 1.73 bits per heavy atom. The van der Waals surface area contributed by atoms with Gasteiger partial charge in [0, 0.05) is 10.9 Å². The van der Waals surface area contributed by atoms with E-state index in [4.69, 9.17) is 4.74 Å². The Morgan fingerprint density at radius 3 is 3.27 bits per heavy atom. The number of thiophene rings is 1. The standard InChI is InChI=1S/C11H15NO2S/c1-14-11(13)8-12-6-2-4-9(12)10-5-3-7-15-10/h3,5,7,9H,2,4,6,8H2,1H3/t9-/m0/s1. The molecule has 0 spiro atoms. The van der Waals surface area contributed by atoms with Crippen LogP contribution in [0.25, 0.3) is 0 Å². The first-order valence-electron chi connectivity index (χ1n) is 5.15. The molecule has 0 amide bonds. The molecule has 15 heavy (non-hydrogen) atoms. The van der Waals surface area contributed by atoms with Crippen LogP contribution in [0.1, 0.15) is 23.8 Å². The van der Waals surface area contributed by atoms with Crippen LogP contribution >= 0.6 is 11.3 Å². The molecule has 1 atom stereocenters. The zero-order valence-corrected chi connectivity index (χ0v) is 9.63. The number of methoxy groups -OCH3 is 1. The molecule has 1 aliphatic rings. The average Bonchev–Trinajstić information content (AvgIpc) is 2.86. The summed E-state index contributed by atoms with van der Waals surface area (Å²) in [6, 6.07) is 4.63. The maximum absolute atomic E-state index is 11.2. The molecule has 1 saturated heterocycles. The van der Waals surface area contributed by atoms with Crippen LogP contribution in [0.2, 0.25) is 0 Å². The maximum Gasteiger partial charge on any atom is 0.319 e. The average molecular weight is 225 g/mol. The predicted molar refractivity (Wildman–Crippen MR) is 59.9 cm³/mol. The van der Waals surface area contributed by atoms with Gasteiger partial charge in [-0.25, -0.2) is 0 Å². The fourth-order valence-electron chi connectivity index (χ4n) is 2.05. The molecule has 2 rings (SSSR count). The molecule has 0 N–H and O–H groups in total. The smallest absolute Gasteiger partial charge is 0.319 e. The molecule has 2 heterocycles. The van der Waals surface area contributed by atoms with E-state index in [0.29, 0.717) is 12.6 Å². The molecular formula is C11H15NO2S. The molecule has 1 aromatic heterocycles. The van der Waals surface area contributed by atoms with Crippen molar-refractivity contribution in [1.82, 2.24) is 4.90 Å². The van der Waals surface area contributed by atoms with Gasteiger partial charge >= 0.3 is 5.97 Å². The molecule has 4 heteroatoms. The maximum atomic E-state index is 11.2. The minimum Gasteiger partial charge on any atom is -0.468 e. The lowest BCUT2D eigenvalue weighted by Crippen LogP contribution is -2.29. The Balaban J connectivity index is 2.02. The SMILES string of the molecule is COC(=O)CN1CCC[C@H]1c1cccs1. The Hall–Kier alpha value is -0.870. The van der Waals surface area contributed by atoms with Crippen LogP contribution in [0, 0.1) is 0 Å². The third-order valence-electron chi connectivity index (χ3n) is 2.80. The van der Waals surface area contributed by atoms with Gasteiger partial charge in [-0.1, -0.05) is 6.07 Å². The van der Waals surface area contributed by atoms with Gasteiger partial charge in [0.1, 0.15) is 0 Å². The molecule has 1 aromatic rings. The van der Waals surface area contributed by atoms with Crippen LogP contribution in [-0.2, 0) is 9.53 Å². The number of carbonyl (C=O) groups excluding carboxylic acids is 1. The van der Waals surface area contributed by atoms with Gasteiger partial charge in [0.05, 0.1) is 13.7 Å². The highest BCUT2D eigenvalue weighted by Crippen LogP contribution is 2.33. The minimum absolute atomic E-state index is 0.140.